The Balaban J connectivity index is 1.82. The Morgan fingerprint density at radius 2 is 2.37 bits per heavy atom. The third kappa shape index (κ3) is 2.38. The molecule has 3 rings (SSSR count). The number of thiazole rings is 1. The van der Waals surface area contributed by atoms with Crippen molar-refractivity contribution in [3.8, 4) is 0 Å². The third-order valence-corrected chi connectivity index (χ3v) is 4.61. The summed E-state index contributed by atoms with van der Waals surface area (Å²) < 4.78 is 0. The maximum atomic E-state index is 12.2. The highest BCUT2D eigenvalue weighted by Crippen LogP contribution is 2.33. The summed E-state index contributed by atoms with van der Waals surface area (Å²) in [5.41, 5.74) is 4.90. The zero-order valence-electron chi connectivity index (χ0n) is 10.4. The highest BCUT2D eigenvalue weighted by atomic mass is 35.5. The minimum absolute atomic E-state index is 0.0437. The second-order valence-corrected chi connectivity index (χ2v) is 5.97. The molecule has 98 valence electrons. The van der Waals surface area contributed by atoms with Gasteiger partial charge < -0.3 is 5.32 Å². The van der Waals surface area contributed by atoms with Crippen LogP contribution in [0.2, 0.25) is 5.02 Å². The van der Waals surface area contributed by atoms with Gasteiger partial charge in [-0.2, -0.15) is 0 Å². The SMILES string of the molecule is Cc1ncsc1C(=O)N[C@@H]1CCc2ccc(Cl)cc21. The summed E-state index contributed by atoms with van der Waals surface area (Å²) in [4.78, 5) is 17.0. The Bertz CT molecular complexity index is 638. The number of rotatable bonds is 2. The van der Waals surface area contributed by atoms with Crippen LogP contribution < -0.4 is 5.32 Å². The molecule has 0 aliphatic heterocycles. The molecule has 1 amide bonds. The minimum atomic E-state index is -0.0437. The molecule has 0 radical (unpaired) electrons. The lowest BCUT2D eigenvalue weighted by atomic mass is 10.1. The van der Waals surface area contributed by atoms with Gasteiger partial charge in [0, 0.05) is 5.02 Å². The van der Waals surface area contributed by atoms with Crippen LogP contribution in [0.4, 0.5) is 0 Å². The predicted octanol–water partition coefficient (Wildman–Crippen LogP) is 3.52. The molecule has 1 aromatic carbocycles. The van der Waals surface area contributed by atoms with Gasteiger partial charge in [-0.25, -0.2) is 4.98 Å². The van der Waals surface area contributed by atoms with E-state index in [2.05, 4.69) is 10.3 Å². The van der Waals surface area contributed by atoms with Crippen LogP contribution in [0, 0.1) is 6.92 Å². The van der Waals surface area contributed by atoms with E-state index < -0.39 is 0 Å². The van der Waals surface area contributed by atoms with Crippen molar-refractivity contribution in [2.75, 3.05) is 0 Å². The lowest BCUT2D eigenvalue weighted by molar-refractivity contribution is 0.0940. The molecule has 0 spiro atoms. The fraction of sp³-hybridized carbons (Fsp3) is 0.286. The monoisotopic (exact) mass is 292 g/mol. The Labute approximate surface area is 120 Å². The summed E-state index contributed by atoms with van der Waals surface area (Å²) in [6.07, 6.45) is 1.92. The molecule has 1 heterocycles. The van der Waals surface area contributed by atoms with E-state index in [1.807, 2.05) is 25.1 Å². The first-order valence-electron chi connectivity index (χ1n) is 6.14. The van der Waals surface area contributed by atoms with Gasteiger partial charge in [-0.15, -0.1) is 11.3 Å². The smallest absolute Gasteiger partial charge is 0.263 e. The number of aryl methyl sites for hydroxylation is 2. The van der Waals surface area contributed by atoms with Gasteiger partial charge in [-0.3, -0.25) is 4.79 Å². The molecule has 1 aromatic heterocycles. The van der Waals surface area contributed by atoms with Crippen molar-refractivity contribution in [1.29, 1.82) is 0 Å². The van der Waals surface area contributed by atoms with Crippen LogP contribution in [0.5, 0.6) is 0 Å². The molecule has 0 unspecified atom stereocenters. The number of nitrogens with one attached hydrogen (secondary N) is 1. The van der Waals surface area contributed by atoms with Crippen LogP contribution in [0.3, 0.4) is 0 Å². The minimum Gasteiger partial charge on any atom is -0.344 e. The number of amides is 1. The molecule has 5 heteroatoms. The number of nitrogens with zero attached hydrogens (tertiary/aromatic N) is 1. The summed E-state index contributed by atoms with van der Waals surface area (Å²) in [7, 11) is 0. The average Bonchev–Trinajstić information content (AvgIpc) is 2.96. The summed E-state index contributed by atoms with van der Waals surface area (Å²) in [5.74, 6) is -0.0437. The lowest BCUT2D eigenvalue weighted by Crippen LogP contribution is -2.27. The van der Waals surface area contributed by atoms with Crippen molar-refractivity contribution in [3.63, 3.8) is 0 Å². The Kier molecular flexibility index (Phi) is 3.29. The molecule has 0 saturated heterocycles. The maximum Gasteiger partial charge on any atom is 0.263 e. The quantitative estimate of drug-likeness (QED) is 0.920. The van der Waals surface area contributed by atoms with Crippen molar-refractivity contribution in [3.05, 3.63) is 50.4 Å². The van der Waals surface area contributed by atoms with E-state index in [-0.39, 0.29) is 11.9 Å². The Morgan fingerprint density at radius 1 is 1.53 bits per heavy atom. The first-order chi connectivity index (χ1) is 9.15. The second-order valence-electron chi connectivity index (χ2n) is 4.67. The number of carbonyl (C=O) groups excluding carboxylic acids is 1. The van der Waals surface area contributed by atoms with Crippen molar-refractivity contribution in [2.24, 2.45) is 0 Å². The fourth-order valence-corrected chi connectivity index (χ4v) is 3.35. The van der Waals surface area contributed by atoms with E-state index in [1.54, 1.807) is 5.51 Å². The van der Waals surface area contributed by atoms with Crippen LogP contribution in [0.25, 0.3) is 0 Å². The van der Waals surface area contributed by atoms with E-state index in [1.165, 1.54) is 16.9 Å². The fourth-order valence-electron chi connectivity index (χ4n) is 2.47. The number of benzene rings is 1. The third-order valence-electron chi connectivity index (χ3n) is 3.44. The molecule has 0 bridgehead atoms. The number of hydrogen-bond acceptors (Lipinski definition) is 3. The van der Waals surface area contributed by atoms with E-state index in [0.29, 0.717) is 9.90 Å². The largest absolute Gasteiger partial charge is 0.344 e. The molecule has 1 atom stereocenters. The Hall–Kier alpha value is -1.39. The van der Waals surface area contributed by atoms with Gasteiger partial charge in [0.05, 0.1) is 17.2 Å². The number of carbonyl (C=O) groups is 1. The van der Waals surface area contributed by atoms with Crippen molar-refractivity contribution < 1.29 is 4.79 Å². The van der Waals surface area contributed by atoms with E-state index in [0.717, 1.165) is 24.1 Å². The first kappa shape index (κ1) is 12.6. The molecule has 3 nitrogen and oxygen atoms in total. The van der Waals surface area contributed by atoms with Gasteiger partial charge in [0.25, 0.3) is 5.91 Å². The Morgan fingerprint density at radius 3 is 3.11 bits per heavy atom. The maximum absolute atomic E-state index is 12.2. The molecular weight excluding hydrogens is 280 g/mol. The molecule has 0 fully saturated rings. The standard InChI is InChI=1S/C14H13ClN2OS/c1-8-13(19-7-16-8)14(18)17-12-5-3-9-2-4-10(15)6-11(9)12/h2,4,6-7,12H,3,5H2,1H3,(H,17,18)/t12-/m1/s1. The van der Waals surface area contributed by atoms with Gasteiger partial charge in [-0.1, -0.05) is 17.7 Å². The second kappa shape index (κ2) is 4.94. The van der Waals surface area contributed by atoms with E-state index >= 15 is 0 Å². The topological polar surface area (TPSA) is 42.0 Å². The van der Waals surface area contributed by atoms with Crippen molar-refractivity contribution in [2.45, 2.75) is 25.8 Å². The molecule has 1 aliphatic rings. The summed E-state index contributed by atoms with van der Waals surface area (Å²) >= 11 is 7.41. The number of hydrogen-bond donors (Lipinski definition) is 1. The zero-order chi connectivity index (χ0) is 13.4. The lowest BCUT2D eigenvalue weighted by Gasteiger charge is -2.13. The summed E-state index contributed by atoms with van der Waals surface area (Å²) in [5, 5.41) is 3.79. The first-order valence-corrected chi connectivity index (χ1v) is 7.40. The molecule has 19 heavy (non-hydrogen) atoms. The molecule has 1 N–H and O–H groups in total. The zero-order valence-corrected chi connectivity index (χ0v) is 12.0. The van der Waals surface area contributed by atoms with Gasteiger partial charge in [0.1, 0.15) is 4.88 Å². The number of fused-ring (bicyclic) bond motifs is 1. The van der Waals surface area contributed by atoms with Crippen LogP contribution >= 0.6 is 22.9 Å². The molecule has 1 aliphatic carbocycles. The molecule has 0 saturated carbocycles. The normalized spacial score (nSPS) is 17.3. The molecular formula is C14H13ClN2OS. The highest BCUT2D eigenvalue weighted by molar-refractivity contribution is 7.11. The molecule has 2 aromatic rings. The van der Waals surface area contributed by atoms with Gasteiger partial charge in [0.2, 0.25) is 0 Å². The van der Waals surface area contributed by atoms with Crippen molar-refractivity contribution in [1.82, 2.24) is 10.3 Å². The van der Waals surface area contributed by atoms with Gasteiger partial charge in [0.15, 0.2) is 0 Å². The van der Waals surface area contributed by atoms with Crippen molar-refractivity contribution >= 4 is 28.8 Å². The van der Waals surface area contributed by atoms with Gasteiger partial charge in [-0.05, 0) is 43.0 Å². The van der Waals surface area contributed by atoms with Crippen LogP contribution in [0.15, 0.2) is 23.7 Å². The van der Waals surface area contributed by atoms with Crippen LogP contribution in [-0.2, 0) is 6.42 Å². The number of halogens is 1. The van der Waals surface area contributed by atoms with Gasteiger partial charge >= 0.3 is 0 Å². The van der Waals surface area contributed by atoms with Crippen LogP contribution in [0.1, 0.15) is 39.0 Å². The summed E-state index contributed by atoms with van der Waals surface area (Å²) in [6.45, 7) is 1.85. The van der Waals surface area contributed by atoms with Crippen LogP contribution in [-0.4, -0.2) is 10.9 Å². The highest BCUT2D eigenvalue weighted by Gasteiger charge is 2.25. The van der Waals surface area contributed by atoms with E-state index in [4.69, 9.17) is 11.6 Å². The predicted molar refractivity (Wildman–Crippen MR) is 76.8 cm³/mol. The van der Waals surface area contributed by atoms with E-state index in [9.17, 15) is 4.79 Å². The number of aromatic nitrogens is 1. The average molecular weight is 293 g/mol. The summed E-state index contributed by atoms with van der Waals surface area (Å²) in [6, 6.07) is 5.95.